The summed E-state index contributed by atoms with van der Waals surface area (Å²) in [6.45, 7) is 1.04. The minimum absolute atomic E-state index is 0.00700. The summed E-state index contributed by atoms with van der Waals surface area (Å²) in [5, 5.41) is 3.59. The van der Waals surface area contributed by atoms with Gasteiger partial charge in [-0.15, -0.1) is 0 Å². The van der Waals surface area contributed by atoms with Crippen LogP contribution in [0.1, 0.15) is 24.4 Å². The number of halogens is 2. The first-order valence-corrected chi connectivity index (χ1v) is 12.1. The topological polar surface area (TPSA) is 69.7 Å². The molecule has 30 heavy (non-hydrogen) atoms. The number of rotatable bonds is 5. The van der Waals surface area contributed by atoms with Crippen molar-refractivity contribution in [1.29, 1.82) is 0 Å². The average Bonchev–Trinajstić information content (AvgIpc) is 3.59. The lowest BCUT2D eigenvalue weighted by Crippen LogP contribution is -2.53. The van der Waals surface area contributed by atoms with Crippen molar-refractivity contribution in [2.75, 3.05) is 26.2 Å². The largest absolute Gasteiger partial charge is 0.331 e. The van der Waals surface area contributed by atoms with Crippen molar-refractivity contribution < 1.29 is 13.2 Å². The number of piperazine rings is 1. The molecule has 1 unspecified atom stereocenters. The second-order valence-electron chi connectivity index (χ2n) is 7.64. The zero-order valence-electron chi connectivity index (χ0n) is 16.3. The third-order valence-corrected chi connectivity index (χ3v) is 8.18. The molecule has 0 radical (unpaired) electrons. The number of hydrogen-bond acceptors (Lipinski definition) is 3. The van der Waals surface area contributed by atoms with Crippen LogP contribution in [0.2, 0.25) is 10.0 Å². The summed E-state index contributed by atoms with van der Waals surface area (Å²) in [5.74, 6) is 0.461. The molecule has 4 rings (SSSR count). The molecule has 1 saturated heterocycles. The second-order valence-corrected chi connectivity index (χ2v) is 10.4. The molecule has 1 saturated carbocycles. The first-order valence-electron chi connectivity index (χ1n) is 9.92. The van der Waals surface area contributed by atoms with Gasteiger partial charge in [-0.1, -0.05) is 53.5 Å². The van der Waals surface area contributed by atoms with Gasteiger partial charge in [0, 0.05) is 31.2 Å². The molecule has 2 amide bonds. The monoisotopic (exact) mass is 467 g/mol. The van der Waals surface area contributed by atoms with Crippen LogP contribution in [-0.4, -0.2) is 49.8 Å². The van der Waals surface area contributed by atoms with Crippen LogP contribution in [0.3, 0.4) is 0 Å². The highest BCUT2D eigenvalue weighted by molar-refractivity contribution is 7.89. The lowest BCUT2D eigenvalue weighted by Gasteiger charge is -2.35. The first kappa shape index (κ1) is 21.4. The third-order valence-electron chi connectivity index (χ3n) is 5.57. The van der Waals surface area contributed by atoms with Crippen LogP contribution in [0.5, 0.6) is 0 Å². The lowest BCUT2D eigenvalue weighted by molar-refractivity contribution is 0.167. The van der Waals surface area contributed by atoms with Crippen LogP contribution >= 0.6 is 23.2 Å². The molecule has 1 aliphatic carbocycles. The smallest absolute Gasteiger partial charge is 0.317 e. The van der Waals surface area contributed by atoms with Crippen LogP contribution in [0.4, 0.5) is 4.79 Å². The van der Waals surface area contributed by atoms with Crippen molar-refractivity contribution in [1.82, 2.24) is 14.5 Å². The predicted molar refractivity (Wildman–Crippen MR) is 117 cm³/mol. The Hall–Kier alpha value is -1.80. The second kappa shape index (κ2) is 8.75. The van der Waals surface area contributed by atoms with Gasteiger partial charge in [0.15, 0.2) is 0 Å². The summed E-state index contributed by atoms with van der Waals surface area (Å²) in [7, 11) is -3.78. The van der Waals surface area contributed by atoms with Crippen LogP contribution in [0, 0.1) is 5.92 Å². The maximum Gasteiger partial charge on any atom is 0.317 e. The number of carbonyl (C=O) groups is 1. The van der Waals surface area contributed by atoms with E-state index < -0.39 is 10.0 Å². The van der Waals surface area contributed by atoms with E-state index in [1.165, 1.54) is 16.4 Å². The molecule has 2 fully saturated rings. The molecule has 1 N–H and O–H groups in total. The number of sulfonamides is 1. The Kier molecular flexibility index (Phi) is 6.25. The van der Waals surface area contributed by atoms with Crippen molar-refractivity contribution in [3.8, 4) is 0 Å². The van der Waals surface area contributed by atoms with E-state index in [0.29, 0.717) is 24.0 Å². The van der Waals surface area contributed by atoms with Crippen molar-refractivity contribution in [2.24, 2.45) is 5.92 Å². The van der Waals surface area contributed by atoms with Gasteiger partial charge in [-0.05, 0) is 42.5 Å². The Morgan fingerprint density at radius 3 is 2.30 bits per heavy atom. The average molecular weight is 468 g/mol. The molecule has 9 heteroatoms. The fourth-order valence-electron chi connectivity index (χ4n) is 3.73. The zero-order valence-corrected chi connectivity index (χ0v) is 18.6. The number of urea groups is 1. The highest BCUT2D eigenvalue weighted by atomic mass is 35.5. The van der Waals surface area contributed by atoms with E-state index in [0.717, 1.165) is 18.4 Å². The minimum atomic E-state index is -3.78. The minimum Gasteiger partial charge on any atom is -0.331 e. The highest BCUT2D eigenvalue weighted by Crippen LogP contribution is 2.41. The number of nitrogens with one attached hydrogen (secondary N) is 1. The molecular weight excluding hydrogens is 445 g/mol. The first-order chi connectivity index (χ1) is 14.4. The molecule has 0 spiro atoms. The Morgan fingerprint density at radius 1 is 1.00 bits per heavy atom. The number of carbonyl (C=O) groups excluding carboxylic acids is 1. The van der Waals surface area contributed by atoms with Crippen molar-refractivity contribution >= 4 is 39.3 Å². The molecule has 0 bridgehead atoms. The molecule has 2 aliphatic rings. The van der Waals surface area contributed by atoms with E-state index in [2.05, 4.69) is 5.32 Å². The molecule has 1 aliphatic heterocycles. The standard InChI is InChI=1S/C21H23Cl2N3O3S/c22-17-8-9-18(23)19(14-17)30(28,29)26-12-10-25(11-13-26)21(27)24-20(16-6-7-16)15-4-2-1-3-5-15/h1-5,8-9,14,16,20H,6-7,10-13H2,(H,24,27). The molecule has 2 aromatic carbocycles. The number of amides is 2. The van der Waals surface area contributed by atoms with E-state index in [9.17, 15) is 13.2 Å². The van der Waals surface area contributed by atoms with Gasteiger partial charge < -0.3 is 10.2 Å². The fraction of sp³-hybridized carbons (Fsp3) is 0.381. The van der Waals surface area contributed by atoms with E-state index in [-0.39, 0.29) is 35.1 Å². The van der Waals surface area contributed by atoms with Gasteiger partial charge >= 0.3 is 6.03 Å². The molecule has 6 nitrogen and oxygen atoms in total. The van der Waals surface area contributed by atoms with Gasteiger partial charge in [-0.3, -0.25) is 0 Å². The van der Waals surface area contributed by atoms with E-state index in [1.807, 2.05) is 30.3 Å². The lowest BCUT2D eigenvalue weighted by atomic mass is 10.0. The summed E-state index contributed by atoms with van der Waals surface area (Å²) < 4.78 is 27.3. The third kappa shape index (κ3) is 4.59. The van der Waals surface area contributed by atoms with Crippen molar-refractivity contribution in [2.45, 2.75) is 23.8 Å². The van der Waals surface area contributed by atoms with Crippen LogP contribution in [0.15, 0.2) is 53.4 Å². The van der Waals surface area contributed by atoms with E-state index in [1.54, 1.807) is 11.0 Å². The van der Waals surface area contributed by atoms with E-state index in [4.69, 9.17) is 23.2 Å². The Labute approximate surface area is 186 Å². The maximum absolute atomic E-state index is 13.0. The maximum atomic E-state index is 13.0. The predicted octanol–water partition coefficient (Wildman–Crippen LogP) is 4.16. The molecule has 1 heterocycles. The molecule has 160 valence electrons. The summed E-state index contributed by atoms with van der Waals surface area (Å²) >= 11 is 12.0. The SMILES string of the molecule is O=C(NC(c1ccccc1)C1CC1)N1CCN(S(=O)(=O)c2cc(Cl)ccc2Cl)CC1. The van der Waals surface area contributed by atoms with Gasteiger partial charge in [-0.25, -0.2) is 13.2 Å². The number of nitrogens with zero attached hydrogens (tertiary/aromatic N) is 2. The van der Waals surface area contributed by atoms with Crippen LogP contribution < -0.4 is 5.32 Å². The molecule has 0 aromatic heterocycles. The van der Waals surface area contributed by atoms with Crippen LogP contribution in [0.25, 0.3) is 0 Å². The van der Waals surface area contributed by atoms with Gasteiger partial charge in [0.2, 0.25) is 10.0 Å². The highest BCUT2D eigenvalue weighted by Gasteiger charge is 2.36. The van der Waals surface area contributed by atoms with Gasteiger partial charge in [0.1, 0.15) is 4.90 Å². The summed E-state index contributed by atoms with van der Waals surface area (Å²) in [6.07, 6.45) is 2.21. The zero-order chi connectivity index (χ0) is 21.3. The van der Waals surface area contributed by atoms with Gasteiger partial charge in [-0.2, -0.15) is 4.31 Å². The Balaban J connectivity index is 1.40. The molecule has 1 atom stereocenters. The van der Waals surface area contributed by atoms with Crippen molar-refractivity contribution in [3.05, 3.63) is 64.1 Å². The number of benzene rings is 2. The quantitative estimate of drug-likeness (QED) is 0.717. The number of hydrogen-bond donors (Lipinski definition) is 1. The Bertz CT molecular complexity index is 1020. The fourth-order valence-corrected chi connectivity index (χ4v) is 5.89. The van der Waals surface area contributed by atoms with Gasteiger partial charge in [0.05, 0.1) is 11.1 Å². The summed E-state index contributed by atoms with van der Waals surface area (Å²) in [5.41, 5.74) is 1.10. The normalized spacial score (nSPS) is 18.8. The van der Waals surface area contributed by atoms with Gasteiger partial charge in [0.25, 0.3) is 0 Å². The summed E-state index contributed by atoms with van der Waals surface area (Å²) in [4.78, 5) is 14.5. The van der Waals surface area contributed by atoms with Crippen LogP contribution in [-0.2, 0) is 10.0 Å². The van der Waals surface area contributed by atoms with Crippen molar-refractivity contribution in [3.63, 3.8) is 0 Å². The Morgan fingerprint density at radius 2 is 1.67 bits per heavy atom. The molecular formula is C21H23Cl2N3O3S. The summed E-state index contributed by atoms with van der Waals surface area (Å²) in [6, 6.07) is 14.2. The molecule has 2 aromatic rings. The van der Waals surface area contributed by atoms with E-state index >= 15 is 0 Å².